The summed E-state index contributed by atoms with van der Waals surface area (Å²) in [6.07, 6.45) is 3.10. The molecule has 0 spiro atoms. The molecule has 150 valence electrons. The number of carbonyl (C=O) groups excluding carboxylic acids is 1. The Hall–Kier alpha value is -1.83. The molecule has 1 aromatic rings. The molecule has 2 aliphatic heterocycles. The summed E-state index contributed by atoms with van der Waals surface area (Å²) in [5, 5.41) is 11.1. The highest BCUT2D eigenvalue weighted by Crippen LogP contribution is 2.33. The number of aliphatic hydroxyl groups is 1. The molecule has 0 aliphatic carbocycles. The van der Waals surface area contributed by atoms with Crippen LogP contribution in [0, 0.1) is 0 Å². The highest BCUT2D eigenvalue weighted by molar-refractivity contribution is 5.86. The summed E-state index contributed by atoms with van der Waals surface area (Å²) in [4.78, 5) is 17.0. The molecule has 2 aliphatic rings. The van der Waals surface area contributed by atoms with Crippen LogP contribution in [0.25, 0.3) is 0 Å². The number of hydrogen-bond acceptors (Lipinski definition) is 6. The molecule has 1 atom stereocenters. The quantitative estimate of drug-likeness (QED) is 0.768. The van der Waals surface area contributed by atoms with E-state index in [-0.39, 0.29) is 11.9 Å². The molecule has 1 aromatic carbocycles. The molecule has 2 saturated heterocycles. The third kappa shape index (κ3) is 4.36. The van der Waals surface area contributed by atoms with E-state index in [0.717, 1.165) is 37.9 Å². The first-order valence-electron chi connectivity index (χ1n) is 9.66. The van der Waals surface area contributed by atoms with E-state index in [1.165, 1.54) is 0 Å². The molecular weight excluding hydrogens is 346 g/mol. The van der Waals surface area contributed by atoms with E-state index >= 15 is 0 Å². The van der Waals surface area contributed by atoms with Crippen molar-refractivity contribution < 1.29 is 19.4 Å². The lowest BCUT2D eigenvalue weighted by Crippen LogP contribution is -2.59. The number of nitrogens with two attached hydrogens (primary N) is 1. The average molecular weight is 377 g/mol. The summed E-state index contributed by atoms with van der Waals surface area (Å²) >= 11 is 0. The van der Waals surface area contributed by atoms with Gasteiger partial charge in [-0.2, -0.15) is 0 Å². The van der Waals surface area contributed by atoms with Crippen LogP contribution in [0.2, 0.25) is 0 Å². The van der Waals surface area contributed by atoms with E-state index < -0.39 is 5.60 Å². The van der Waals surface area contributed by atoms with Gasteiger partial charge in [-0.15, -0.1) is 0 Å². The van der Waals surface area contributed by atoms with Crippen molar-refractivity contribution in [2.24, 2.45) is 5.73 Å². The zero-order valence-corrected chi connectivity index (χ0v) is 16.3. The van der Waals surface area contributed by atoms with Gasteiger partial charge in [-0.3, -0.25) is 9.69 Å². The molecule has 0 radical (unpaired) electrons. The van der Waals surface area contributed by atoms with Crippen LogP contribution in [0.1, 0.15) is 31.2 Å². The maximum absolute atomic E-state index is 13.1. The number of amides is 1. The Labute approximate surface area is 161 Å². The molecule has 2 fully saturated rings. The fourth-order valence-corrected chi connectivity index (χ4v) is 4.13. The first-order valence-corrected chi connectivity index (χ1v) is 9.66. The summed E-state index contributed by atoms with van der Waals surface area (Å²) in [5.74, 6) is 1.07. The topological polar surface area (TPSA) is 88.3 Å². The summed E-state index contributed by atoms with van der Waals surface area (Å²) in [5.41, 5.74) is 5.51. The number of ether oxygens (including phenoxy) is 2. The zero-order chi connectivity index (χ0) is 19.4. The number of methoxy groups -OCH3 is 2. The van der Waals surface area contributed by atoms with E-state index in [2.05, 4.69) is 4.90 Å². The minimum absolute atomic E-state index is 0.200. The number of nitrogens with zero attached hydrogens (tertiary/aromatic N) is 2. The highest BCUT2D eigenvalue weighted by atomic mass is 16.5. The van der Waals surface area contributed by atoms with Crippen molar-refractivity contribution in [2.45, 2.75) is 43.9 Å². The van der Waals surface area contributed by atoms with Gasteiger partial charge in [0.25, 0.3) is 5.91 Å². The van der Waals surface area contributed by atoms with Gasteiger partial charge in [0.1, 0.15) is 0 Å². The third-order valence-electron chi connectivity index (χ3n) is 5.67. The second-order valence-corrected chi connectivity index (χ2v) is 7.63. The van der Waals surface area contributed by atoms with Crippen LogP contribution in [0.5, 0.6) is 11.5 Å². The standard InChI is InChI=1S/C20H31N3O4/c1-26-17-6-3-5-15(18(17)27-2)13-23-10-4-9-20(25,19(23)24)14-22-11-7-16(21)8-12-22/h3,5-6,16,25H,4,7-14,21H2,1-2H3. The van der Waals surface area contributed by atoms with Crippen molar-refractivity contribution >= 4 is 5.91 Å². The average Bonchev–Trinajstić information content (AvgIpc) is 2.67. The summed E-state index contributed by atoms with van der Waals surface area (Å²) in [6, 6.07) is 5.87. The number of carbonyl (C=O) groups is 1. The maximum atomic E-state index is 13.1. The first kappa shape index (κ1) is 19.9. The number of β-amino-alcohol motifs (C(OH)–C–C–N with tert-alkyl or cyclic N) is 1. The van der Waals surface area contributed by atoms with Gasteiger partial charge in [-0.05, 0) is 44.8 Å². The summed E-state index contributed by atoms with van der Waals surface area (Å²) in [7, 11) is 3.19. The molecule has 0 bridgehead atoms. The van der Waals surface area contributed by atoms with Gasteiger partial charge in [0.2, 0.25) is 0 Å². The third-order valence-corrected chi connectivity index (χ3v) is 5.67. The predicted molar refractivity (Wildman–Crippen MR) is 103 cm³/mol. The second kappa shape index (κ2) is 8.46. The van der Waals surface area contributed by atoms with Gasteiger partial charge in [-0.1, -0.05) is 12.1 Å². The number of benzene rings is 1. The molecule has 1 amide bonds. The highest BCUT2D eigenvalue weighted by Gasteiger charge is 2.43. The molecule has 2 heterocycles. The number of likely N-dealkylation sites (tertiary alicyclic amines) is 2. The predicted octanol–water partition coefficient (Wildman–Crippen LogP) is 0.980. The van der Waals surface area contributed by atoms with E-state index in [9.17, 15) is 9.90 Å². The fraction of sp³-hybridized carbons (Fsp3) is 0.650. The number of hydrogen-bond donors (Lipinski definition) is 2. The van der Waals surface area contributed by atoms with Crippen molar-refractivity contribution in [1.29, 1.82) is 0 Å². The molecule has 3 rings (SSSR count). The fourth-order valence-electron chi connectivity index (χ4n) is 4.13. The lowest BCUT2D eigenvalue weighted by molar-refractivity contribution is -0.160. The lowest BCUT2D eigenvalue weighted by Gasteiger charge is -2.42. The Balaban J connectivity index is 1.71. The van der Waals surface area contributed by atoms with Gasteiger partial charge < -0.3 is 25.2 Å². The van der Waals surface area contributed by atoms with Gasteiger partial charge in [-0.25, -0.2) is 0 Å². The molecule has 7 heteroatoms. The molecule has 0 saturated carbocycles. The van der Waals surface area contributed by atoms with Crippen molar-refractivity contribution in [3.63, 3.8) is 0 Å². The minimum atomic E-state index is -1.33. The molecular formula is C20H31N3O4. The van der Waals surface area contributed by atoms with E-state index in [4.69, 9.17) is 15.2 Å². The van der Waals surface area contributed by atoms with Crippen LogP contribution in [-0.2, 0) is 11.3 Å². The van der Waals surface area contributed by atoms with Gasteiger partial charge in [0.15, 0.2) is 17.1 Å². The zero-order valence-electron chi connectivity index (χ0n) is 16.3. The van der Waals surface area contributed by atoms with Crippen LogP contribution in [-0.4, -0.2) is 72.9 Å². The first-order chi connectivity index (χ1) is 13.0. The second-order valence-electron chi connectivity index (χ2n) is 7.63. The Morgan fingerprint density at radius 3 is 2.63 bits per heavy atom. The van der Waals surface area contributed by atoms with E-state index in [1.54, 1.807) is 19.1 Å². The van der Waals surface area contributed by atoms with Crippen LogP contribution in [0.15, 0.2) is 18.2 Å². The Morgan fingerprint density at radius 2 is 1.96 bits per heavy atom. The number of rotatable bonds is 6. The van der Waals surface area contributed by atoms with E-state index in [1.807, 2.05) is 18.2 Å². The monoisotopic (exact) mass is 377 g/mol. The molecule has 27 heavy (non-hydrogen) atoms. The van der Waals surface area contributed by atoms with Gasteiger partial charge >= 0.3 is 0 Å². The molecule has 0 aromatic heterocycles. The Bertz CT molecular complexity index is 661. The summed E-state index contributed by atoms with van der Waals surface area (Å²) in [6.45, 7) is 3.07. The van der Waals surface area contributed by atoms with Gasteiger partial charge in [0, 0.05) is 31.2 Å². The molecule has 3 N–H and O–H groups in total. The van der Waals surface area contributed by atoms with Crippen LogP contribution >= 0.6 is 0 Å². The van der Waals surface area contributed by atoms with E-state index in [0.29, 0.717) is 37.6 Å². The number of para-hydroxylation sites is 1. The Kier molecular flexibility index (Phi) is 6.24. The SMILES string of the molecule is COc1cccc(CN2CCCC(O)(CN3CCC(N)CC3)C2=O)c1OC. The van der Waals surface area contributed by atoms with Crippen LogP contribution in [0.4, 0.5) is 0 Å². The summed E-state index contributed by atoms with van der Waals surface area (Å²) < 4.78 is 10.8. The molecule has 1 unspecified atom stereocenters. The molecule has 7 nitrogen and oxygen atoms in total. The van der Waals surface area contributed by atoms with Crippen LogP contribution < -0.4 is 15.2 Å². The number of piperidine rings is 2. The van der Waals surface area contributed by atoms with Crippen molar-refractivity contribution in [3.8, 4) is 11.5 Å². The largest absolute Gasteiger partial charge is 0.493 e. The van der Waals surface area contributed by atoms with Crippen molar-refractivity contribution in [3.05, 3.63) is 23.8 Å². The van der Waals surface area contributed by atoms with Crippen molar-refractivity contribution in [1.82, 2.24) is 9.80 Å². The minimum Gasteiger partial charge on any atom is -0.493 e. The lowest BCUT2D eigenvalue weighted by atomic mass is 9.90. The maximum Gasteiger partial charge on any atom is 0.256 e. The van der Waals surface area contributed by atoms with Crippen LogP contribution in [0.3, 0.4) is 0 Å². The smallest absolute Gasteiger partial charge is 0.256 e. The normalized spacial score (nSPS) is 24.9. The Morgan fingerprint density at radius 1 is 1.22 bits per heavy atom. The van der Waals surface area contributed by atoms with Gasteiger partial charge in [0.05, 0.1) is 14.2 Å². The van der Waals surface area contributed by atoms with Crippen molar-refractivity contribution in [2.75, 3.05) is 40.4 Å².